The van der Waals surface area contributed by atoms with Gasteiger partial charge in [-0.15, -0.1) is 0 Å². The van der Waals surface area contributed by atoms with E-state index >= 15 is 0 Å². The van der Waals surface area contributed by atoms with Crippen LogP contribution in [0.2, 0.25) is 5.02 Å². The van der Waals surface area contributed by atoms with Crippen molar-refractivity contribution >= 4 is 34.2 Å². The number of aliphatic hydroxyl groups is 2. The number of rotatable bonds is 6. The number of methoxy groups -OCH3 is 1. The summed E-state index contributed by atoms with van der Waals surface area (Å²) in [5.74, 6) is -0.0966. The molecule has 2 atom stereocenters. The van der Waals surface area contributed by atoms with Gasteiger partial charge in [-0.3, -0.25) is 14.9 Å². The SMILES string of the molecule is COc1cc(Cl)c(C(O)C(O)CSC(C)=O)cc1[N+](=O)[O-]. The van der Waals surface area contributed by atoms with E-state index in [4.69, 9.17) is 16.3 Å². The Labute approximate surface area is 130 Å². The number of thioether (sulfide) groups is 1. The highest BCUT2D eigenvalue weighted by atomic mass is 35.5. The number of benzene rings is 1. The summed E-state index contributed by atoms with van der Waals surface area (Å²) in [6, 6.07) is 2.25. The molecule has 0 heterocycles. The lowest BCUT2D eigenvalue weighted by Gasteiger charge is -2.18. The molecule has 1 aromatic rings. The van der Waals surface area contributed by atoms with Crippen LogP contribution in [0.5, 0.6) is 5.75 Å². The highest BCUT2D eigenvalue weighted by molar-refractivity contribution is 8.13. The number of carbonyl (C=O) groups is 1. The summed E-state index contributed by atoms with van der Waals surface area (Å²) < 4.78 is 4.84. The van der Waals surface area contributed by atoms with E-state index in [-0.39, 0.29) is 32.9 Å². The van der Waals surface area contributed by atoms with Gasteiger partial charge in [0.2, 0.25) is 0 Å². The summed E-state index contributed by atoms with van der Waals surface area (Å²) in [5.41, 5.74) is -0.372. The summed E-state index contributed by atoms with van der Waals surface area (Å²) in [6.07, 6.45) is -2.74. The Morgan fingerprint density at radius 3 is 2.62 bits per heavy atom. The first kappa shape index (κ1) is 17.7. The topological polar surface area (TPSA) is 110 Å². The molecule has 0 spiro atoms. The predicted molar refractivity (Wildman–Crippen MR) is 78.8 cm³/mol. The summed E-state index contributed by atoms with van der Waals surface area (Å²) in [6.45, 7) is 1.33. The van der Waals surface area contributed by atoms with Gasteiger partial charge in [-0.1, -0.05) is 23.4 Å². The van der Waals surface area contributed by atoms with Gasteiger partial charge in [-0.05, 0) is 0 Å². The average molecular weight is 336 g/mol. The third kappa shape index (κ3) is 4.57. The van der Waals surface area contributed by atoms with Gasteiger partial charge < -0.3 is 14.9 Å². The van der Waals surface area contributed by atoms with E-state index in [1.807, 2.05) is 0 Å². The van der Waals surface area contributed by atoms with Crippen LogP contribution in [0.4, 0.5) is 5.69 Å². The van der Waals surface area contributed by atoms with E-state index in [1.165, 1.54) is 20.1 Å². The van der Waals surface area contributed by atoms with Crippen molar-refractivity contribution < 1.29 is 24.7 Å². The summed E-state index contributed by atoms with van der Waals surface area (Å²) in [4.78, 5) is 21.1. The number of nitro groups is 1. The zero-order chi connectivity index (χ0) is 16.2. The molecule has 2 unspecified atom stereocenters. The number of nitrogens with zero attached hydrogens (tertiary/aromatic N) is 1. The first-order chi connectivity index (χ1) is 9.77. The molecule has 116 valence electrons. The van der Waals surface area contributed by atoms with Crippen LogP contribution in [0.3, 0.4) is 0 Å². The number of ether oxygens (including phenoxy) is 1. The molecule has 0 aromatic heterocycles. The van der Waals surface area contributed by atoms with Crippen LogP contribution in [0.25, 0.3) is 0 Å². The summed E-state index contributed by atoms with van der Waals surface area (Å²) in [5, 5.41) is 30.6. The predicted octanol–water partition coefficient (Wildman–Crippen LogP) is 1.93. The van der Waals surface area contributed by atoms with Crippen molar-refractivity contribution in [2.24, 2.45) is 0 Å². The molecule has 1 rings (SSSR count). The van der Waals surface area contributed by atoms with Crippen molar-refractivity contribution in [1.82, 2.24) is 0 Å². The van der Waals surface area contributed by atoms with E-state index in [9.17, 15) is 25.1 Å². The smallest absolute Gasteiger partial charge is 0.311 e. The molecular formula is C12H14ClNO6S. The molecule has 0 bridgehead atoms. The standard InChI is InChI=1S/C12H14ClNO6S/c1-6(15)21-5-10(16)12(17)7-3-9(14(18)19)11(20-2)4-8(7)13/h3-4,10,12,16-17H,5H2,1-2H3. The fourth-order valence-corrected chi connectivity index (χ4v) is 2.45. The third-order valence-corrected chi connectivity index (χ3v) is 3.88. The highest BCUT2D eigenvalue weighted by Gasteiger charge is 2.26. The fraction of sp³-hybridized carbons (Fsp3) is 0.417. The molecule has 0 radical (unpaired) electrons. The second-order valence-corrected chi connectivity index (χ2v) is 5.72. The molecule has 2 N–H and O–H groups in total. The Balaban J connectivity index is 3.08. The van der Waals surface area contributed by atoms with E-state index in [2.05, 4.69) is 0 Å². The maximum atomic E-state index is 10.9. The Kier molecular flexibility index (Phi) is 6.41. The lowest BCUT2D eigenvalue weighted by atomic mass is 10.0. The molecular weight excluding hydrogens is 322 g/mol. The van der Waals surface area contributed by atoms with Crippen LogP contribution in [-0.4, -0.2) is 39.2 Å². The van der Waals surface area contributed by atoms with Gasteiger partial charge in [0, 0.05) is 30.4 Å². The van der Waals surface area contributed by atoms with Crippen LogP contribution in [0.1, 0.15) is 18.6 Å². The minimum atomic E-state index is -1.45. The maximum Gasteiger partial charge on any atom is 0.311 e. The summed E-state index contributed by atoms with van der Waals surface area (Å²) >= 11 is 6.77. The van der Waals surface area contributed by atoms with Gasteiger partial charge in [0.25, 0.3) is 0 Å². The van der Waals surface area contributed by atoms with Gasteiger partial charge in [-0.2, -0.15) is 0 Å². The van der Waals surface area contributed by atoms with Crippen molar-refractivity contribution in [3.05, 3.63) is 32.8 Å². The molecule has 7 nitrogen and oxygen atoms in total. The molecule has 1 aromatic carbocycles. The van der Waals surface area contributed by atoms with Crippen molar-refractivity contribution in [3.63, 3.8) is 0 Å². The molecule has 0 aliphatic heterocycles. The number of aliphatic hydroxyl groups excluding tert-OH is 2. The number of halogens is 1. The largest absolute Gasteiger partial charge is 0.490 e. The molecule has 0 fully saturated rings. The Morgan fingerprint density at radius 1 is 1.52 bits per heavy atom. The molecule has 9 heteroatoms. The lowest BCUT2D eigenvalue weighted by Crippen LogP contribution is -2.22. The van der Waals surface area contributed by atoms with Gasteiger partial charge in [0.05, 0.1) is 23.2 Å². The Bertz CT molecular complexity index is 553. The summed E-state index contributed by atoms with van der Waals surface area (Å²) in [7, 11) is 1.26. The van der Waals surface area contributed by atoms with Crippen LogP contribution < -0.4 is 4.74 Å². The lowest BCUT2D eigenvalue weighted by molar-refractivity contribution is -0.385. The maximum absolute atomic E-state index is 10.9. The molecule has 0 aliphatic carbocycles. The minimum Gasteiger partial charge on any atom is -0.490 e. The second kappa shape index (κ2) is 7.60. The Hall–Kier alpha value is -1.35. The van der Waals surface area contributed by atoms with E-state index in [0.29, 0.717) is 0 Å². The van der Waals surface area contributed by atoms with Crippen molar-refractivity contribution in [3.8, 4) is 5.75 Å². The molecule has 21 heavy (non-hydrogen) atoms. The van der Waals surface area contributed by atoms with Gasteiger partial charge in [0.15, 0.2) is 10.9 Å². The van der Waals surface area contributed by atoms with Crippen LogP contribution in [0.15, 0.2) is 12.1 Å². The van der Waals surface area contributed by atoms with Gasteiger partial charge in [0.1, 0.15) is 6.10 Å². The van der Waals surface area contributed by atoms with Crippen LogP contribution in [-0.2, 0) is 4.79 Å². The highest BCUT2D eigenvalue weighted by Crippen LogP contribution is 2.36. The minimum absolute atomic E-state index is 0.000758. The average Bonchev–Trinajstić information content (AvgIpc) is 2.43. The number of hydrogen-bond acceptors (Lipinski definition) is 7. The van der Waals surface area contributed by atoms with E-state index < -0.39 is 17.1 Å². The molecule has 0 saturated carbocycles. The third-order valence-electron chi connectivity index (χ3n) is 2.64. The van der Waals surface area contributed by atoms with Crippen molar-refractivity contribution in [1.29, 1.82) is 0 Å². The first-order valence-corrected chi connectivity index (χ1v) is 7.15. The van der Waals surface area contributed by atoms with Crippen LogP contribution in [0, 0.1) is 10.1 Å². The Morgan fingerprint density at radius 2 is 2.14 bits per heavy atom. The molecule has 0 saturated heterocycles. The van der Waals surface area contributed by atoms with Crippen molar-refractivity contribution in [2.45, 2.75) is 19.1 Å². The molecule has 0 amide bonds. The quantitative estimate of drug-likeness (QED) is 0.603. The number of hydrogen-bond donors (Lipinski definition) is 2. The van der Waals surface area contributed by atoms with Crippen molar-refractivity contribution in [2.75, 3.05) is 12.9 Å². The number of nitro benzene ring substituents is 1. The fourth-order valence-electron chi connectivity index (χ4n) is 1.59. The van der Waals surface area contributed by atoms with Crippen LogP contribution >= 0.6 is 23.4 Å². The normalized spacial score (nSPS) is 13.6. The second-order valence-electron chi connectivity index (χ2n) is 4.12. The van der Waals surface area contributed by atoms with Gasteiger partial charge in [-0.25, -0.2) is 0 Å². The zero-order valence-corrected chi connectivity index (χ0v) is 12.8. The van der Waals surface area contributed by atoms with E-state index in [1.54, 1.807) is 0 Å². The monoisotopic (exact) mass is 335 g/mol. The molecule has 0 aliphatic rings. The number of carbonyl (C=O) groups excluding carboxylic acids is 1. The zero-order valence-electron chi connectivity index (χ0n) is 11.3. The first-order valence-electron chi connectivity index (χ1n) is 5.79. The van der Waals surface area contributed by atoms with Gasteiger partial charge >= 0.3 is 5.69 Å². The van der Waals surface area contributed by atoms with E-state index in [0.717, 1.165) is 17.8 Å².